The maximum atomic E-state index is 13.2. The highest BCUT2D eigenvalue weighted by molar-refractivity contribution is 9.10. The van der Waals surface area contributed by atoms with Crippen LogP contribution in [0, 0.1) is 5.82 Å². The number of para-hydroxylation sites is 1. The van der Waals surface area contributed by atoms with Crippen molar-refractivity contribution in [1.82, 2.24) is 9.97 Å². The number of nitrogens with one attached hydrogen (secondary N) is 1. The number of fused-ring (bicyclic) bond motifs is 1. The van der Waals surface area contributed by atoms with Crippen molar-refractivity contribution in [2.24, 2.45) is 0 Å². The summed E-state index contributed by atoms with van der Waals surface area (Å²) in [6.07, 6.45) is 0. The zero-order chi connectivity index (χ0) is 12.7. The van der Waals surface area contributed by atoms with Crippen LogP contribution >= 0.6 is 27.5 Å². The summed E-state index contributed by atoms with van der Waals surface area (Å²) in [7, 11) is 0. The Morgan fingerprint density at radius 1 is 1.22 bits per heavy atom. The maximum absolute atomic E-state index is 13.2. The van der Waals surface area contributed by atoms with Crippen molar-refractivity contribution < 1.29 is 4.39 Å². The molecule has 5 heteroatoms. The van der Waals surface area contributed by atoms with E-state index in [-0.39, 0.29) is 5.82 Å². The molecule has 90 valence electrons. The largest absolute Gasteiger partial charge is 0.338 e. The number of H-pyrrole nitrogens is 1. The molecule has 0 saturated heterocycles. The molecule has 0 aliphatic rings. The molecule has 0 bridgehead atoms. The van der Waals surface area contributed by atoms with Crippen LogP contribution in [-0.4, -0.2) is 9.97 Å². The van der Waals surface area contributed by atoms with E-state index in [2.05, 4.69) is 25.9 Å². The second-order valence-corrected chi connectivity index (χ2v) is 5.11. The predicted octanol–water partition coefficient (Wildman–Crippen LogP) is 4.78. The van der Waals surface area contributed by atoms with Crippen LogP contribution in [0.4, 0.5) is 4.39 Å². The number of halogens is 3. The molecule has 0 spiro atoms. The van der Waals surface area contributed by atoms with Gasteiger partial charge in [0.05, 0.1) is 15.0 Å². The number of aromatic amines is 1. The summed E-state index contributed by atoms with van der Waals surface area (Å²) >= 11 is 9.22. The molecular formula is C13H7BrClFN2. The molecule has 0 aliphatic heterocycles. The van der Waals surface area contributed by atoms with E-state index in [1.807, 2.05) is 12.1 Å². The van der Waals surface area contributed by atoms with E-state index in [0.29, 0.717) is 15.3 Å². The molecule has 0 atom stereocenters. The van der Waals surface area contributed by atoms with Crippen LogP contribution in [0.15, 0.2) is 40.9 Å². The van der Waals surface area contributed by atoms with E-state index in [9.17, 15) is 4.39 Å². The van der Waals surface area contributed by atoms with Crippen molar-refractivity contribution in [2.75, 3.05) is 0 Å². The molecule has 1 aromatic heterocycles. The lowest BCUT2D eigenvalue weighted by atomic mass is 10.2. The zero-order valence-corrected chi connectivity index (χ0v) is 11.4. The normalized spacial score (nSPS) is 11.1. The van der Waals surface area contributed by atoms with Gasteiger partial charge in [-0.25, -0.2) is 9.37 Å². The molecule has 1 N–H and O–H groups in total. The third-order valence-corrected chi connectivity index (χ3v) is 3.57. The van der Waals surface area contributed by atoms with Crippen molar-refractivity contribution in [3.63, 3.8) is 0 Å². The van der Waals surface area contributed by atoms with E-state index in [1.54, 1.807) is 18.2 Å². The molecule has 3 aromatic rings. The highest BCUT2D eigenvalue weighted by Gasteiger charge is 2.09. The highest BCUT2D eigenvalue weighted by Crippen LogP contribution is 2.27. The topological polar surface area (TPSA) is 28.7 Å². The molecule has 0 fully saturated rings. The zero-order valence-electron chi connectivity index (χ0n) is 9.05. The molecule has 0 unspecified atom stereocenters. The van der Waals surface area contributed by atoms with E-state index >= 15 is 0 Å². The van der Waals surface area contributed by atoms with Gasteiger partial charge >= 0.3 is 0 Å². The van der Waals surface area contributed by atoms with E-state index in [0.717, 1.165) is 16.6 Å². The first-order valence-electron chi connectivity index (χ1n) is 5.25. The minimum atomic E-state index is -0.298. The number of aromatic nitrogens is 2. The number of nitrogens with zero attached hydrogens (tertiary/aromatic N) is 1. The van der Waals surface area contributed by atoms with Gasteiger partial charge in [0.15, 0.2) is 0 Å². The smallest absolute Gasteiger partial charge is 0.138 e. The van der Waals surface area contributed by atoms with Crippen molar-refractivity contribution in [3.05, 3.63) is 51.7 Å². The van der Waals surface area contributed by atoms with E-state index in [4.69, 9.17) is 11.6 Å². The van der Waals surface area contributed by atoms with Gasteiger partial charge in [-0.15, -0.1) is 0 Å². The predicted molar refractivity (Wildman–Crippen MR) is 74.2 cm³/mol. The Morgan fingerprint density at radius 3 is 2.78 bits per heavy atom. The van der Waals surface area contributed by atoms with Crippen LogP contribution in [0.2, 0.25) is 5.02 Å². The van der Waals surface area contributed by atoms with E-state index < -0.39 is 0 Å². The fourth-order valence-corrected chi connectivity index (χ4v) is 2.37. The lowest BCUT2D eigenvalue weighted by molar-refractivity contribution is 0.621. The van der Waals surface area contributed by atoms with Crippen LogP contribution in [0.25, 0.3) is 22.4 Å². The van der Waals surface area contributed by atoms with Crippen LogP contribution in [0.5, 0.6) is 0 Å². The molecule has 18 heavy (non-hydrogen) atoms. The van der Waals surface area contributed by atoms with Crippen LogP contribution in [-0.2, 0) is 0 Å². The molecule has 3 rings (SSSR count). The lowest BCUT2D eigenvalue weighted by Crippen LogP contribution is -1.83. The maximum Gasteiger partial charge on any atom is 0.138 e. The second-order valence-electron chi connectivity index (χ2n) is 3.85. The van der Waals surface area contributed by atoms with Gasteiger partial charge in [0, 0.05) is 5.56 Å². The van der Waals surface area contributed by atoms with Crippen molar-refractivity contribution in [1.29, 1.82) is 0 Å². The summed E-state index contributed by atoms with van der Waals surface area (Å²) in [5, 5.41) is 0.594. The van der Waals surface area contributed by atoms with Gasteiger partial charge in [-0.05, 0) is 46.3 Å². The van der Waals surface area contributed by atoms with Crippen molar-refractivity contribution in [2.45, 2.75) is 0 Å². The number of imidazole rings is 1. The molecule has 0 amide bonds. The molecule has 2 aromatic carbocycles. The summed E-state index contributed by atoms with van der Waals surface area (Å²) in [5.41, 5.74) is 2.38. The molecule has 2 nitrogen and oxygen atoms in total. The number of rotatable bonds is 1. The first kappa shape index (κ1) is 11.7. The van der Waals surface area contributed by atoms with Gasteiger partial charge in [0.2, 0.25) is 0 Å². The fourth-order valence-electron chi connectivity index (χ4n) is 1.78. The Labute approximate surface area is 116 Å². The minimum Gasteiger partial charge on any atom is -0.338 e. The molecule has 0 saturated carbocycles. The summed E-state index contributed by atoms with van der Waals surface area (Å²) < 4.78 is 13.6. The standard InChI is InChI=1S/C13H7BrClFN2/c14-8-6-7(4-5-10(8)16)13-17-11-3-1-2-9(15)12(11)18-13/h1-6H,(H,17,18). The Hall–Kier alpha value is -1.39. The van der Waals surface area contributed by atoms with E-state index in [1.165, 1.54) is 6.07 Å². The summed E-state index contributed by atoms with van der Waals surface area (Å²) in [6, 6.07) is 10.3. The first-order chi connectivity index (χ1) is 8.65. The van der Waals surface area contributed by atoms with Gasteiger partial charge < -0.3 is 4.98 Å². The third-order valence-electron chi connectivity index (χ3n) is 2.66. The number of hydrogen-bond acceptors (Lipinski definition) is 1. The Kier molecular flexibility index (Phi) is 2.84. The van der Waals surface area contributed by atoms with Gasteiger partial charge in [-0.3, -0.25) is 0 Å². The highest BCUT2D eigenvalue weighted by atomic mass is 79.9. The van der Waals surface area contributed by atoms with Crippen molar-refractivity contribution in [3.8, 4) is 11.4 Å². The average Bonchev–Trinajstić information content (AvgIpc) is 2.78. The Bertz CT molecular complexity index is 739. The molecule has 0 radical (unpaired) electrons. The SMILES string of the molecule is Fc1ccc(-c2nc3c(Cl)cccc3[nH]2)cc1Br. The van der Waals surface area contributed by atoms with Crippen LogP contribution in [0.1, 0.15) is 0 Å². The van der Waals surface area contributed by atoms with Crippen LogP contribution in [0.3, 0.4) is 0 Å². The average molecular weight is 326 g/mol. The summed E-state index contributed by atoms with van der Waals surface area (Å²) in [5.74, 6) is 0.367. The summed E-state index contributed by atoms with van der Waals surface area (Å²) in [6.45, 7) is 0. The van der Waals surface area contributed by atoms with Gasteiger partial charge in [-0.1, -0.05) is 17.7 Å². The number of hydrogen-bond donors (Lipinski definition) is 1. The lowest BCUT2D eigenvalue weighted by Gasteiger charge is -1.98. The fraction of sp³-hybridized carbons (Fsp3) is 0. The molecular weight excluding hydrogens is 319 g/mol. The van der Waals surface area contributed by atoms with Gasteiger partial charge in [0.1, 0.15) is 17.2 Å². The first-order valence-corrected chi connectivity index (χ1v) is 6.42. The van der Waals surface area contributed by atoms with Gasteiger partial charge in [0.25, 0.3) is 0 Å². The number of benzene rings is 2. The third kappa shape index (κ3) is 1.91. The Morgan fingerprint density at radius 2 is 2.06 bits per heavy atom. The quantitative estimate of drug-likeness (QED) is 0.685. The molecule has 0 aliphatic carbocycles. The Balaban J connectivity index is 2.19. The summed E-state index contributed by atoms with van der Waals surface area (Å²) in [4.78, 5) is 7.58. The van der Waals surface area contributed by atoms with Gasteiger partial charge in [-0.2, -0.15) is 0 Å². The monoisotopic (exact) mass is 324 g/mol. The van der Waals surface area contributed by atoms with Crippen LogP contribution < -0.4 is 0 Å². The second kappa shape index (κ2) is 4.37. The minimum absolute atomic E-state index is 0.298. The van der Waals surface area contributed by atoms with Crippen molar-refractivity contribution >= 4 is 38.6 Å². The molecule has 1 heterocycles.